The van der Waals surface area contributed by atoms with E-state index in [9.17, 15) is 0 Å². The average molecular weight is 269 g/mol. The minimum Gasteiger partial charge on any atom is -0.396 e. The van der Waals surface area contributed by atoms with Gasteiger partial charge in [0.25, 0.3) is 0 Å². The van der Waals surface area contributed by atoms with E-state index in [1.165, 1.54) is 5.69 Å². The van der Waals surface area contributed by atoms with Crippen LogP contribution in [0.15, 0.2) is 24.3 Å². The van der Waals surface area contributed by atoms with Gasteiger partial charge in [0, 0.05) is 42.5 Å². The second-order valence-corrected chi connectivity index (χ2v) is 5.43. The van der Waals surface area contributed by atoms with Gasteiger partial charge >= 0.3 is 0 Å². The summed E-state index contributed by atoms with van der Waals surface area (Å²) in [6.45, 7) is 4.38. The van der Waals surface area contributed by atoms with E-state index >= 15 is 0 Å². The highest BCUT2D eigenvalue weighted by Crippen LogP contribution is 2.22. The molecule has 0 saturated carbocycles. The lowest BCUT2D eigenvalue weighted by molar-refractivity contribution is 0.263. The molecule has 1 aromatic carbocycles. The van der Waals surface area contributed by atoms with E-state index in [0.29, 0.717) is 12.1 Å². The number of halogens is 1. The number of aliphatic hydroxyl groups is 1. The lowest BCUT2D eigenvalue weighted by Crippen LogP contribution is -2.40. The Bertz CT molecular complexity index is 386. The van der Waals surface area contributed by atoms with E-state index < -0.39 is 0 Å². The molecule has 1 aromatic rings. The number of nitrogens with zero attached hydrogens (tertiary/aromatic N) is 1. The van der Waals surface area contributed by atoms with Crippen LogP contribution in [-0.4, -0.2) is 36.9 Å². The van der Waals surface area contributed by atoms with Crippen molar-refractivity contribution in [2.75, 3.05) is 24.6 Å². The molecule has 0 spiro atoms. The highest BCUT2D eigenvalue weighted by Gasteiger charge is 2.21. The highest BCUT2D eigenvalue weighted by atomic mass is 35.5. The van der Waals surface area contributed by atoms with E-state index in [1.807, 2.05) is 18.2 Å². The molecule has 0 amide bonds. The third-order valence-corrected chi connectivity index (χ3v) is 3.68. The Kier molecular flexibility index (Phi) is 4.87. The van der Waals surface area contributed by atoms with Crippen LogP contribution in [0.1, 0.15) is 19.8 Å². The van der Waals surface area contributed by atoms with Crippen LogP contribution in [0.3, 0.4) is 0 Å². The molecule has 1 heterocycles. The fraction of sp³-hybridized carbons (Fsp3) is 0.571. The van der Waals surface area contributed by atoms with Gasteiger partial charge < -0.3 is 15.3 Å². The van der Waals surface area contributed by atoms with E-state index in [-0.39, 0.29) is 6.61 Å². The summed E-state index contributed by atoms with van der Waals surface area (Å²) in [5.74, 6) is 0. The quantitative estimate of drug-likeness (QED) is 0.883. The molecule has 18 heavy (non-hydrogen) atoms. The van der Waals surface area contributed by atoms with Crippen molar-refractivity contribution < 1.29 is 5.11 Å². The molecule has 1 saturated heterocycles. The summed E-state index contributed by atoms with van der Waals surface area (Å²) >= 11 is 6.05. The van der Waals surface area contributed by atoms with E-state index in [0.717, 1.165) is 31.0 Å². The van der Waals surface area contributed by atoms with E-state index in [2.05, 4.69) is 23.2 Å². The molecule has 100 valence electrons. The number of hydrogen-bond acceptors (Lipinski definition) is 3. The normalized spacial score (nSPS) is 24.9. The predicted octanol–water partition coefficient (Wildman–Crippen LogP) is 2.28. The summed E-state index contributed by atoms with van der Waals surface area (Å²) in [6, 6.07) is 8.82. The highest BCUT2D eigenvalue weighted by molar-refractivity contribution is 6.30. The van der Waals surface area contributed by atoms with Gasteiger partial charge in [0.2, 0.25) is 0 Å². The zero-order chi connectivity index (χ0) is 13.0. The second kappa shape index (κ2) is 6.41. The fourth-order valence-electron chi connectivity index (χ4n) is 2.48. The Morgan fingerprint density at radius 2 is 2.33 bits per heavy atom. The Labute approximate surface area is 114 Å². The molecule has 0 bridgehead atoms. The minimum atomic E-state index is 0.230. The van der Waals surface area contributed by atoms with Crippen molar-refractivity contribution in [2.45, 2.75) is 31.8 Å². The van der Waals surface area contributed by atoms with Crippen LogP contribution in [0.25, 0.3) is 0 Å². The van der Waals surface area contributed by atoms with Gasteiger partial charge in [-0.05, 0) is 38.0 Å². The monoisotopic (exact) mass is 268 g/mol. The first-order valence-corrected chi connectivity index (χ1v) is 6.94. The topological polar surface area (TPSA) is 35.5 Å². The summed E-state index contributed by atoms with van der Waals surface area (Å²) in [5, 5.41) is 13.5. The zero-order valence-corrected chi connectivity index (χ0v) is 11.5. The van der Waals surface area contributed by atoms with Crippen molar-refractivity contribution in [3.05, 3.63) is 29.3 Å². The number of rotatable bonds is 3. The Morgan fingerprint density at radius 3 is 3.06 bits per heavy atom. The maximum Gasteiger partial charge on any atom is 0.0446 e. The first-order chi connectivity index (χ1) is 8.69. The molecule has 0 aliphatic carbocycles. The first-order valence-electron chi connectivity index (χ1n) is 6.56. The first kappa shape index (κ1) is 13.7. The summed E-state index contributed by atoms with van der Waals surface area (Å²) in [4.78, 5) is 2.35. The van der Waals surface area contributed by atoms with Crippen LogP contribution < -0.4 is 10.2 Å². The molecule has 0 radical (unpaired) electrons. The van der Waals surface area contributed by atoms with Crippen molar-refractivity contribution in [3.63, 3.8) is 0 Å². The van der Waals surface area contributed by atoms with Gasteiger partial charge in [-0.1, -0.05) is 17.7 Å². The predicted molar refractivity (Wildman–Crippen MR) is 76.4 cm³/mol. The van der Waals surface area contributed by atoms with E-state index in [4.69, 9.17) is 16.7 Å². The summed E-state index contributed by atoms with van der Waals surface area (Å²) in [5.41, 5.74) is 1.17. The van der Waals surface area contributed by atoms with Crippen molar-refractivity contribution in [2.24, 2.45) is 0 Å². The number of anilines is 1. The largest absolute Gasteiger partial charge is 0.396 e. The molecule has 1 aliphatic heterocycles. The SMILES string of the molecule is CC1CCN(c2cccc(Cl)c2)CC(CCO)N1. The van der Waals surface area contributed by atoms with Gasteiger partial charge in [0.05, 0.1) is 0 Å². The third-order valence-electron chi connectivity index (χ3n) is 3.44. The molecule has 2 unspecified atom stereocenters. The van der Waals surface area contributed by atoms with Crippen LogP contribution in [0, 0.1) is 0 Å². The van der Waals surface area contributed by atoms with Gasteiger partial charge in [-0.25, -0.2) is 0 Å². The summed E-state index contributed by atoms with van der Waals surface area (Å²) < 4.78 is 0. The van der Waals surface area contributed by atoms with E-state index in [1.54, 1.807) is 0 Å². The van der Waals surface area contributed by atoms with Crippen molar-refractivity contribution in [3.8, 4) is 0 Å². The average Bonchev–Trinajstić information content (AvgIpc) is 2.52. The fourth-order valence-corrected chi connectivity index (χ4v) is 2.67. The lowest BCUT2D eigenvalue weighted by Gasteiger charge is -2.26. The molecule has 0 aromatic heterocycles. The van der Waals surface area contributed by atoms with Gasteiger partial charge in [-0.2, -0.15) is 0 Å². The molecule has 1 fully saturated rings. The van der Waals surface area contributed by atoms with Gasteiger partial charge in [-0.3, -0.25) is 0 Å². The van der Waals surface area contributed by atoms with Crippen LogP contribution in [0.5, 0.6) is 0 Å². The van der Waals surface area contributed by atoms with Crippen LogP contribution >= 0.6 is 11.6 Å². The molecular formula is C14H21ClN2O. The Morgan fingerprint density at radius 1 is 1.50 bits per heavy atom. The molecule has 2 N–H and O–H groups in total. The molecule has 2 rings (SSSR count). The zero-order valence-electron chi connectivity index (χ0n) is 10.8. The summed E-state index contributed by atoms with van der Waals surface area (Å²) in [6.07, 6.45) is 1.90. The second-order valence-electron chi connectivity index (χ2n) is 4.99. The Hall–Kier alpha value is -0.770. The molecule has 3 nitrogen and oxygen atoms in total. The van der Waals surface area contributed by atoms with Gasteiger partial charge in [-0.15, -0.1) is 0 Å². The minimum absolute atomic E-state index is 0.230. The number of benzene rings is 1. The molecule has 2 atom stereocenters. The molecule has 1 aliphatic rings. The maximum atomic E-state index is 9.12. The van der Waals surface area contributed by atoms with Crippen LogP contribution in [-0.2, 0) is 0 Å². The third kappa shape index (κ3) is 3.61. The van der Waals surface area contributed by atoms with Crippen molar-refractivity contribution >= 4 is 17.3 Å². The van der Waals surface area contributed by atoms with Crippen molar-refractivity contribution in [1.82, 2.24) is 5.32 Å². The lowest BCUT2D eigenvalue weighted by atomic mass is 10.2. The van der Waals surface area contributed by atoms with Gasteiger partial charge in [0.15, 0.2) is 0 Å². The smallest absolute Gasteiger partial charge is 0.0446 e. The number of nitrogens with one attached hydrogen (secondary N) is 1. The molecular weight excluding hydrogens is 248 g/mol. The van der Waals surface area contributed by atoms with Crippen LogP contribution in [0.2, 0.25) is 5.02 Å². The summed E-state index contributed by atoms with van der Waals surface area (Å²) in [7, 11) is 0. The maximum absolute atomic E-state index is 9.12. The van der Waals surface area contributed by atoms with Gasteiger partial charge in [0.1, 0.15) is 0 Å². The molecule has 4 heteroatoms. The van der Waals surface area contributed by atoms with Crippen LogP contribution in [0.4, 0.5) is 5.69 Å². The standard InChI is InChI=1S/C14H21ClN2O/c1-11-5-7-17(10-13(16-11)6-8-18)14-4-2-3-12(15)9-14/h2-4,9,11,13,16,18H,5-8,10H2,1H3. The Balaban J connectivity index is 2.11. The number of aliphatic hydroxyl groups excluding tert-OH is 1. The number of hydrogen-bond donors (Lipinski definition) is 2. The van der Waals surface area contributed by atoms with Crippen molar-refractivity contribution in [1.29, 1.82) is 0 Å².